The van der Waals surface area contributed by atoms with Gasteiger partial charge in [0.25, 0.3) is 0 Å². The Balaban J connectivity index is 2.46. The smallest absolute Gasteiger partial charge is 0.384 e. The van der Waals surface area contributed by atoms with Crippen LogP contribution >= 0.6 is 15.9 Å². The van der Waals surface area contributed by atoms with E-state index in [0.717, 1.165) is 24.3 Å². The van der Waals surface area contributed by atoms with Crippen molar-refractivity contribution in [2.45, 2.75) is 12.3 Å². The number of aliphatic hydroxyl groups is 1. The van der Waals surface area contributed by atoms with Crippen molar-refractivity contribution in [3.8, 4) is 0 Å². The summed E-state index contributed by atoms with van der Waals surface area (Å²) in [6.07, 6.45) is -6.17. The number of aliphatic hydroxyl groups excluding tert-OH is 1. The van der Waals surface area contributed by atoms with Gasteiger partial charge in [-0.3, -0.25) is 0 Å². The first kappa shape index (κ1) is 15.9. The molecule has 112 valence electrons. The van der Waals surface area contributed by atoms with Gasteiger partial charge in [-0.2, -0.15) is 13.2 Å². The minimum atomic E-state index is -4.61. The number of benzene rings is 2. The van der Waals surface area contributed by atoms with Crippen LogP contribution in [0.2, 0.25) is 0 Å². The third-order valence-electron chi connectivity index (χ3n) is 2.81. The van der Waals surface area contributed by atoms with Crippen molar-refractivity contribution >= 4 is 15.9 Å². The van der Waals surface area contributed by atoms with E-state index in [0.29, 0.717) is 6.07 Å². The molecule has 0 bridgehead atoms. The molecule has 1 nitrogen and oxygen atoms in total. The molecule has 0 aromatic heterocycles. The lowest BCUT2D eigenvalue weighted by Gasteiger charge is -2.15. The standard InChI is InChI=1S/C14H8BrF5O/c15-12-2-1-7(5-11(12)14(18,19)20)13(21)8-3-9(16)6-10(17)4-8/h1-6,13,21H. The maximum Gasteiger partial charge on any atom is 0.417 e. The highest BCUT2D eigenvalue weighted by atomic mass is 79.9. The Hall–Kier alpha value is -1.47. The van der Waals surface area contributed by atoms with E-state index >= 15 is 0 Å². The molecule has 7 heteroatoms. The second kappa shape index (κ2) is 5.73. The van der Waals surface area contributed by atoms with E-state index in [9.17, 15) is 27.1 Å². The average molecular weight is 367 g/mol. The number of hydrogen-bond acceptors (Lipinski definition) is 1. The molecule has 0 heterocycles. The van der Waals surface area contributed by atoms with Gasteiger partial charge in [-0.1, -0.05) is 22.0 Å². The first-order chi connectivity index (χ1) is 9.68. The van der Waals surface area contributed by atoms with Gasteiger partial charge >= 0.3 is 6.18 Å². The molecular weight excluding hydrogens is 359 g/mol. The van der Waals surface area contributed by atoms with Crippen molar-refractivity contribution in [2.24, 2.45) is 0 Å². The molecule has 2 aromatic rings. The van der Waals surface area contributed by atoms with Crippen LogP contribution in [0.5, 0.6) is 0 Å². The predicted octanol–water partition coefficient (Wildman–Crippen LogP) is 4.83. The van der Waals surface area contributed by atoms with Crippen molar-refractivity contribution in [3.05, 3.63) is 69.2 Å². The van der Waals surface area contributed by atoms with Crippen LogP contribution in [-0.2, 0) is 6.18 Å². The highest BCUT2D eigenvalue weighted by Gasteiger charge is 2.33. The van der Waals surface area contributed by atoms with Gasteiger partial charge in [0.05, 0.1) is 5.56 Å². The zero-order valence-electron chi connectivity index (χ0n) is 10.3. The van der Waals surface area contributed by atoms with Crippen LogP contribution in [0, 0.1) is 11.6 Å². The van der Waals surface area contributed by atoms with E-state index < -0.39 is 29.5 Å². The average Bonchev–Trinajstić information content (AvgIpc) is 2.36. The number of alkyl halides is 3. The summed E-state index contributed by atoms with van der Waals surface area (Å²) in [6.45, 7) is 0. The van der Waals surface area contributed by atoms with Crippen LogP contribution in [0.4, 0.5) is 22.0 Å². The monoisotopic (exact) mass is 366 g/mol. The van der Waals surface area contributed by atoms with Gasteiger partial charge in [-0.05, 0) is 35.4 Å². The van der Waals surface area contributed by atoms with E-state index in [1.165, 1.54) is 6.07 Å². The van der Waals surface area contributed by atoms with Crippen LogP contribution < -0.4 is 0 Å². The molecule has 0 spiro atoms. The first-order valence-electron chi connectivity index (χ1n) is 5.69. The Bertz CT molecular complexity index is 649. The van der Waals surface area contributed by atoms with E-state index in [4.69, 9.17) is 0 Å². The number of rotatable bonds is 2. The normalized spacial score (nSPS) is 13.3. The summed E-state index contributed by atoms with van der Waals surface area (Å²) in [7, 11) is 0. The van der Waals surface area contributed by atoms with Gasteiger partial charge in [0.15, 0.2) is 0 Å². The molecule has 2 rings (SSSR count). The highest BCUT2D eigenvalue weighted by Crippen LogP contribution is 2.37. The van der Waals surface area contributed by atoms with E-state index in [1.807, 2.05) is 0 Å². The van der Waals surface area contributed by atoms with Gasteiger partial charge in [0.1, 0.15) is 17.7 Å². The number of halogens is 6. The quantitative estimate of drug-likeness (QED) is 0.755. The Labute approximate surface area is 125 Å². The molecule has 1 atom stereocenters. The minimum Gasteiger partial charge on any atom is -0.384 e. The Morgan fingerprint density at radius 2 is 1.48 bits per heavy atom. The molecule has 0 aliphatic heterocycles. The summed E-state index contributed by atoms with van der Waals surface area (Å²) in [5, 5.41) is 10.0. The van der Waals surface area contributed by atoms with Gasteiger partial charge in [0, 0.05) is 10.5 Å². The number of hydrogen-bond donors (Lipinski definition) is 1. The molecule has 1 N–H and O–H groups in total. The lowest BCUT2D eigenvalue weighted by atomic mass is 9.99. The molecule has 21 heavy (non-hydrogen) atoms. The maximum absolute atomic E-state index is 13.1. The summed E-state index contributed by atoms with van der Waals surface area (Å²) in [6, 6.07) is 5.44. The van der Waals surface area contributed by atoms with Crippen LogP contribution in [0.15, 0.2) is 40.9 Å². The minimum absolute atomic E-state index is 0.115. The molecule has 0 amide bonds. The summed E-state index contributed by atoms with van der Waals surface area (Å²) in [4.78, 5) is 0. The van der Waals surface area contributed by atoms with Gasteiger partial charge in [0.2, 0.25) is 0 Å². The van der Waals surface area contributed by atoms with Gasteiger partial charge < -0.3 is 5.11 Å². The van der Waals surface area contributed by atoms with Crippen LogP contribution in [0.25, 0.3) is 0 Å². The van der Waals surface area contributed by atoms with Crippen LogP contribution in [0.1, 0.15) is 22.8 Å². The van der Waals surface area contributed by atoms with Crippen molar-refractivity contribution in [2.75, 3.05) is 0 Å². The lowest BCUT2D eigenvalue weighted by Crippen LogP contribution is -2.09. The fraction of sp³-hybridized carbons (Fsp3) is 0.143. The molecule has 0 aliphatic rings. The van der Waals surface area contributed by atoms with Crippen molar-refractivity contribution in [1.82, 2.24) is 0 Å². The summed E-state index contributed by atoms with van der Waals surface area (Å²) in [5.74, 6) is -1.84. The SMILES string of the molecule is OC(c1cc(F)cc(F)c1)c1ccc(Br)c(C(F)(F)F)c1. The third-order valence-corrected chi connectivity index (χ3v) is 3.50. The second-order valence-electron chi connectivity index (χ2n) is 4.34. The first-order valence-corrected chi connectivity index (χ1v) is 6.48. The van der Waals surface area contributed by atoms with E-state index in [-0.39, 0.29) is 15.6 Å². The molecule has 0 saturated heterocycles. The van der Waals surface area contributed by atoms with Gasteiger partial charge in [-0.15, -0.1) is 0 Å². The Morgan fingerprint density at radius 1 is 0.905 bits per heavy atom. The lowest BCUT2D eigenvalue weighted by molar-refractivity contribution is -0.138. The fourth-order valence-corrected chi connectivity index (χ4v) is 2.33. The van der Waals surface area contributed by atoms with Crippen LogP contribution in [-0.4, -0.2) is 5.11 Å². The maximum atomic E-state index is 13.1. The molecule has 1 unspecified atom stereocenters. The predicted molar refractivity (Wildman–Crippen MR) is 69.6 cm³/mol. The molecule has 0 saturated carbocycles. The molecule has 0 fully saturated rings. The molecule has 2 aromatic carbocycles. The second-order valence-corrected chi connectivity index (χ2v) is 5.20. The zero-order valence-corrected chi connectivity index (χ0v) is 11.8. The van der Waals surface area contributed by atoms with Crippen molar-refractivity contribution in [1.29, 1.82) is 0 Å². The third kappa shape index (κ3) is 3.59. The summed E-state index contributed by atoms with van der Waals surface area (Å²) < 4.78 is 64.4. The molecule has 0 aliphatic carbocycles. The van der Waals surface area contributed by atoms with E-state index in [1.54, 1.807) is 0 Å². The van der Waals surface area contributed by atoms with Crippen molar-refractivity contribution < 1.29 is 27.1 Å². The van der Waals surface area contributed by atoms with Crippen LogP contribution in [0.3, 0.4) is 0 Å². The Morgan fingerprint density at radius 3 is 2.00 bits per heavy atom. The van der Waals surface area contributed by atoms with Gasteiger partial charge in [-0.25, -0.2) is 8.78 Å². The topological polar surface area (TPSA) is 20.2 Å². The summed E-state index contributed by atoms with van der Waals surface area (Å²) >= 11 is 2.77. The van der Waals surface area contributed by atoms with Crippen molar-refractivity contribution in [3.63, 3.8) is 0 Å². The Kier molecular flexibility index (Phi) is 4.34. The van der Waals surface area contributed by atoms with E-state index in [2.05, 4.69) is 15.9 Å². The fourth-order valence-electron chi connectivity index (χ4n) is 1.86. The molecular formula is C14H8BrF5O. The highest BCUT2D eigenvalue weighted by molar-refractivity contribution is 9.10. The molecule has 0 radical (unpaired) electrons. The zero-order chi connectivity index (χ0) is 15.8. The summed E-state index contributed by atoms with van der Waals surface area (Å²) in [5.41, 5.74) is -1.26. The largest absolute Gasteiger partial charge is 0.417 e.